The van der Waals surface area contributed by atoms with Crippen molar-refractivity contribution in [1.29, 1.82) is 0 Å². The van der Waals surface area contributed by atoms with E-state index in [1.165, 1.54) is 10.9 Å². The first-order valence-electron chi connectivity index (χ1n) is 10.6. The lowest BCUT2D eigenvalue weighted by molar-refractivity contribution is 0.0413. The quantitative estimate of drug-likeness (QED) is 0.351. The van der Waals surface area contributed by atoms with Gasteiger partial charge in [0.15, 0.2) is 17.2 Å². The minimum absolute atomic E-state index is 0.00662. The van der Waals surface area contributed by atoms with Crippen LogP contribution in [0.2, 0.25) is 0 Å². The molecule has 0 aliphatic carbocycles. The van der Waals surface area contributed by atoms with Gasteiger partial charge in [-0.05, 0) is 47.9 Å². The van der Waals surface area contributed by atoms with Crippen LogP contribution in [0.25, 0.3) is 5.82 Å². The van der Waals surface area contributed by atoms with Gasteiger partial charge in [-0.2, -0.15) is 9.78 Å². The molecule has 1 fully saturated rings. The molecule has 3 aromatic rings. The monoisotopic (exact) mass is 485 g/mol. The Morgan fingerprint density at radius 1 is 1.26 bits per heavy atom. The molecule has 2 aromatic heterocycles. The van der Waals surface area contributed by atoms with Gasteiger partial charge in [0, 0.05) is 13.1 Å². The summed E-state index contributed by atoms with van der Waals surface area (Å²) >= 11 is 0. The Morgan fingerprint density at radius 3 is 2.77 bits per heavy atom. The molecule has 1 aliphatic rings. The molecule has 0 unspecified atom stereocenters. The van der Waals surface area contributed by atoms with E-state index in [1.807, 2.05) is 6.92 Å². The summed E-state index contributed by atoms with van der Waals surface area (Å²) in [5, 5.41) is 18.7. The van der Waals surface area contributed by atoms with Gasteiger partial charge in [0.25, 0.3) is 5.91 Å². The second-order valence-corrected chi connectivity index (χ2v) is 7.21. The highest BCUT2D eigenvalue weighted by atomic mass is 16.6. The van der Waals surface area contributed by atoms with Crippen molar-refractivity contribution < 1.29 is 28.4 Å². The third kappa shape index (κ3) is 5.35. The van der Waals surface area contributed by atoms with E-state index in [-0.39, 0.29) is 23.1 Å². The Labute approximate surface area is 198 Å². The molecule has 0 atom stereocenters. The van der Waals surface area contributed by atoms with Crippen LogP contribution in [0.3, 0.4) is 0 Å². The van der Waals surface area contributed by atoms with Crippen LogP contribution in [-0.4, -0.2) is 81.3 Å². The molecule has 3 heterocycles. The maximum absolute atomic E-state index is 12.5. The smallest absolute Gasteiger partial charge is 0.415 e. The Kier molecular flexibility index (Phi) is 7.15. The molecular weight excluding hydrogens is 462 g/mol. The van der Waals surface area contributed by atoms with Crippen molar-refractivity contribution in [2.75, 3.05) is 38.6 Å². The summed E-state index contributed by atoms with van der Waals surface area (Å²) in [5.41, 5.74) is 9.02. The first-order valence-corrected chi connectivity index (χ1v) is 10.6. The lowest BCUT2D eigenvalue weighted by Crippen LogP contribution is -2.42. The minimum atomic E-state index is -0.596. The maximum Gasteiger partial charge on any atom is 0.415 e. The number of carbonyl (C=O) groups excluding carboxylic acids is 2. The SMILES string of the molecule is CCOc1cc(C=NNC(=O)c2nnn(-c3nonc3N)c2C)ccc1OC(=O)N1CCOCC1. The predicted molar refractivity (Wildman–Crippen MR) is 119 cm³/mol. The number of rotatable bonds is 7. The van der Waals surface area contributed by atoms with Gasteiger partial charge in [-0.3, -0.25) is 4.79 Å². The average Bonchev–Trinajstić information content (AvgIpc) is 3.46. The van der Waals surface area contributed by atoms with E-state index in [0.29, 0.717) is 49.9 Å². The molecule has 0 spiro atoms. The Hall–Kier alpha value is -4.53. The Bertz CT molecular complexity index is 1230. The molecule has 3 N–H and O–H groups in total. The molecule has 1 aliphatic heterocycles. The van der Waals surface area contributed by atoms with Crippen molar-refractivity contribution in [1.82, 2.24) is 35.6 Å². The second-order valence-electron chi connectivity index (χ2n) is 7.21. The van der Waals surface area contributed by atoms with Crippen molar-refractivity contribution in [3.05, 3.63) is 35.2 Å². The molecular formula is C20H23N9O6. The first kappa shape index (κ1) is 23.6. The van der Waals surface area contributed by atoms with Gasteiger partial charge in [0.05, 0.1) is 31.7 Å². The first-order chi connectivity index (χ1) is 17.0. The molecule has 2 amide bonds. The molecule has 15 nitrogen and oxygen atoms in total. The lowest BCUT2D eigenvalue weighted by atomic mass is 10.2. The molecule has 15 heteroatoms. The summed E-state index contributed by atoms with van der Waals surface area (Å²) in [6.45, 7) is 5.64. The van der Waals surface area contributed by atoms with E-state index in [0.717, 1.165) is 0 Å². The third-order valence-corrected chi connectivity index (χ3v) is 4.92. The molecule has 1 saturated heterocycles. The van der Waals surface area contributed by atoms with E-state index >= 15 is 0 Å². The summed E-state index contributed by atoms with van der Waals surface area (Å²) < 4.78 is 22.1. The van der Waals surface area contributed by atoms with Gasteiger partial charge in [-0.15, -0.1) is 5.10 Å². The number of nitrogens with zero attached hydrogens (tertiary/aromatic N) is 7. The van der Waals surface area contributed by atoms with Crippen molar-refractivity contribution in [2.24, 2.45) is 5.10 Å². The van der Waals surface area contributed by atoms with E-state index in [4.69, 9.17) is 19.9 Å². The number of hydrazone groups is 1. The fourth-order valence-electron chi connectivity index (χ4n) is 3.16. The summed E-state index contributed by atoms with van der Waals surface area (Å²) in [6, 6.07) is 4.91. The largest absolute Gasteiger partial charge is 0.490 e. The maximum atomic E-state index is 12.5. The summed E-state index contributed by atoms with van der Waals surface area (Å²) in [4.78, 5) is 26.5. The Morgan fingerprint density at radius 2 is 2.06 bits per heavy atom. The van der Waals surface area contributed by atoms with Crippen molar-refractivity contribution in [3.8, 4) is 17.3 Å². The fourth-order valence-corrected chi connectivity index (χ4v) is 3.16. The third-order valence-electron chi connectivity index (χ3n) is 4.92. The number of morpholine rings is 1. The number of carbonyl (C=O) groups is 2. The number of anilines is 1. The van der Waals surface area contributed by atoms with Crippen LogP contribution in [0.1, 0.15) is 28.7 Å². The molecule has 0 saturated carbocycles. The van der Waals surface area contributed by atoms with Crippen LogP contribution >= 0.6 is 0 Å². The number of nitrogens with one attached hydrogen (secondary N) is 1. The Balaban J connectivity index is 1.42. The van der Waals surface area contributed by atoms with Gasteiger partial charge in [0.1, 0.15) is 0 Å². The molecule has 0 radical (unpaired) electrons. The standard InChI is InChI=1S/C20H23N9O6/c1-3-33-15-10-13(4-5-14(15)34-20(31)28-6-8-32-9-7-28)11-22-24-19(30)16-12(2)29(27-23-16)18-17(21)25-35-26-18/h4-5,10-11H,3,6-9H2,1-2H3,(H2,21,25)(H,24,30). The molecule has 1 aromatic carbocycles. The zero-order valence-corrected chi connectivity index (χ0v) is 19.0. The number of nitrogen functional groups attached to an aromatic ring is 1. The number of nitrogens with two attached hydrogens (primary N) is 1. The highest BCUT2D eigenvalue weighted by Crippen LogP contribution is 2.28. The molecule has 0 bridgehead atoms. The van der Waals surface area contributed by atoms with Crippen LogP contribution in [0.15, 0.2) is 27.9 Å². The number of benzene rings is 1. The van der Waals surface area contributed by atoms with Gasteiger partial charge in [0.2, 0.25) is 11.6 Å². The van der Waals surface area contributed by atoms with E-state index in [2.05, 4.69) is 35.8 Å². The van der Waals surface area contributed by atoms with Crippen LogP contribution in [-0.2, 0) is 4.74 Å². The van der Waals surface area contributed by atoms with Gasteiger partial charge >= 0.3 is 6.09 Å². The summed E-state index contributed by atoms with van der Waals surface area (Å²) in [5.74, 6) is 0.170. The minimum Gasteiger partial charge on any atom is -0.490 e. The number of amides is 2. The second kappa shape index (κ2) is 10.6. The highest BCUT2D eigenvalue weighted by Gasteiger charge is 2.22. The predicted octanol–water partition coefficient (Wildman–Crippen LogP) is 0.535. The van der Waals surface area contributed by atoms with Gasteiger partial charge < -0.3 is 24.8 Å². The summed E-state index contributed by atoms with van der Waals surface area (Å²) in [6.07, 6.45) is 0.933. The summed E-state index contributed by atoms with van der Waals surface area (Å²) in [7, 11) is 0. The topological polar surface area (TPSA) is 185 Å². The van der Waals surface area contributed by atoms with Crippen LogP contribution in [0, 0.1) is 6.92 Å². The number of aromatic nitrogens is 5. The zero-order chi connectivity index (χ0) is 24.8. The highest BCUT2D eigenvalue weighted by molar-refractivity contribution is 5.94. The van der Waals surface area contributed by atoms with E-state index in [1.54, 1.807) is 30.0 Å². The zero-order valence-electron chi connectivity index (χ0n) is 19.0. The van der Waals surface area contributed by atoms with E-state index < -0.39 is 12.0 Å². The number of ether oxygens (including phenoxy) is 3. The van der Waals surface area contributed by atoms with Crippen LogP contribution in [0.5, 0.6) is 11.5 Å². The molecule has 4 rings (SSSR count). The van der Waals surface area contributed by atoms with Crippen LogP contribution < -0.4 is 20.6 Å². The normalized spacial score (nSPS) is 13.7. The molecule has 184 valence electrons. The van der Waals surface area contributed by atoms with Crippen molar-refractivity contribution in [2.45, 2.75) is 13.8 Å². The van der Waals surface area contributed by atoms with Crippen molar-refractivity contribution >= 4 is 24.0 Å². The van der Waals surface area contributed by atoms with Gasteiger partial charge in [-0.1, -0.05) is 5.21 Å². The molecule has 35 heavy (non-hydrogen) atoms. The van der Waals surface area contributed by atoms with Crippen molar-refractivity contribution in [3.63, 3.8) is 0 Å². The lowest BCUT2D eigenvalue weighted by Gasteiger charge is -2.26. The van der Waals surface area contributed by atoms with Gasteiger partial charge in [-0.25, -0.2) is 14.8 Å². The fraction of sp³-hybridized carbons (Fsp3) is 0.350. The number of hydrogen-bond donors (Lipinski definition) is 2. The van der Waals surface area contributed by atoms with Crippen LogP contribution in [0.4, 0.5) is 10.6 Å². The van der Waals surface area contributed by atoms with E-state index in [9.17, 15) is 9.59 Å². The number of hydrogen-bond acceptors (Lipinski definition) is 12. The average molecular weight is 485 g/mol.